The summed E-state index contributed by atoms with van der Waals surface area (Å²) >= 11 is 0. The van der Waals surface area contributed by atoms with E-state index < -0.39 is 17.1 Å². The first-order valence-corrected chi connectivity index (χ1v) is 11.7. The normalized spacial score (nSPS) is 26.7. The molecule has 1 fully saturated rings. The molecule has 1 aromatic carbocycles. The van der Waals surface area contributed by atoms with Crippen LogP contribution in [0.2, 0.25) is 31.2 Å². The topological polar surface area (TPSA) is 9.23 Å². The van der Waals surface area contributed by atoms with E-state index in [2.05, 4.69) is 50.0 Å². The van der Waals surface area contributed by atoms with Gasteiger partial charge in [-0.25, -0.2) is 0 Å². The second-order valence-electron chi connectivity index (χ2n) is 5.87. The van der Waals surface area contributed by atoms with Crippen molar-refractivity contribution in [2.75, 3.05) is 6.61 Å². The van der Waals surface area contributed by atoms with E-state index in [9.17, 15) is 0 Å². The minimum Gasteiger partial charge on any atom is -0.415 e. The van der Waals surface area contributed by atoms with Gasteiger partial charge in [0.2, 0.25) is 9.04 Å². The van der Waals surface area contributed by atoms with Crippen LogP contribution < -0.4 is 5.19 Å². The third-order valence-electron chi connectivity index (χ3n) is 3.67. The highest BCUT2D eigenvalue weighted by molar-refractivity contribution is 6.78. The second kappa shape index (κ2) is 4.86. The minimum absolute atomic E-state index is 0.875. The van der Waals surface area contributed by atoms with Crippen molar-refractivity contribution in [2.24, 2.45) is 0 Å². The summed E-state index contributed by atoms with van der Waals surface area (Å²) in [5.74, 6) is 0. The highest BCUT2D eigenvalue weighted by Gasteiger charge is 2.32. The maximum absolute atomic E-state index is 6.18. The molecule has 0 aromatic heterocycles. The molecule has 1 saturated heterocycles. The zero-order valence-corrected chi connectivity index (χ0v) is 12.7. The molecule has 1 aromatic rings. The molecule has 1 heterocycles. The highest BCUT2D eigenvalue weighted by atomic mass is 28.3. The quantitative estimate of drug-likeness (QED) is 0.734. The predicted octanol–water partition coefficient (Wildman–Crippen LogP) is 2.75. The number of hydrogen-bond acceptors (Lipinski definition) is 1. The molecule has 88 valence electrons. The van der Waals surface area contributed by atoms with Crippen molar-refractivity contribution in [3.63, 3.8) is 0 Å². The Bertz CT molecular complexity index is 324. The van der Waals surface area contributed by atoms with Crippen molar-refractivity contribution in [3.05, 3.63) is 30.3 Å². The van der Waals surface area contributed by atoms with Crippen LogP contribution in [0, 0.1) is 0 Å². The molecule has 0 saturated carbocycles. The van der Waals surface area contributed by atoms with Gasteiger partial charge in [0.15, 0.2) is 0 Å². The Morgan fingerprint density at radius 2 is 1.88 bits per heavy atom. The summed E-state index contributed by atoms with van der Waals surface area (Å²) < 4.78 is 6.18. The van der Waals surface area contributed by atoms with Crippen molar-refractivity contribution in [1.29, 1.82) is 0 Å². The van der Waals surface area contributed by atoms with Crippen LogP contribution in [0.5, 0.6) is 0 Å². The van der Waals surface area contributed by atoms with E-state index in [1.54, 1.807) is 0 Å². The lowest BCUT2D eigenvalue weighted by atomic mass is 10.3. The molecule has 1 nitrogen and oxygen atoms in total. The Morgan fingerprint density at radius 3 is 2.38 bits per heavy atom. The lowest BCUT2D eigenvalue weighted by molar-refractivity contribution is 0.290. The standard InChI is InChI=1S/C13H22OSi2/c1-16(2,3)13-9-10-15(14-11-13)12-7-5-4-6-8-12/h4-8,13,15H,9-11H2,1-3H3. The van der Waals surface area contributed by atoms with E-state index in [0.29, 0.717) is 0 Å². The van der Waals surface area contributed by atoms with Gasteiger partial charge in [-0.2, -0.15) is 0 Å². The molecule has 0 radical (unpaired) electrons. The fraction of sp³-hybridized carbons (Fsp3) is 0.538. The van der Waals surface area contributed by atoms with Gasteiger partial charge < -0.3 is 4.43 Å². The summed E-state index contributed by atoms with van der Waals surface area (Å²) in [6.07, 6.45) is 1.40. The van der Waals surface area contributed by atoms with Gasteiger partial charge in [-0.05, 0) is 16.8 Å². The first kappa shape index (κ1) is 12.1. The molecule has 2 unspecified atom stereocenters. The Balaban J connectivity index is 1.96. The number of hydrogen-bond donors (Lipinski definition) is 0. The van der Waals surface area contributed by atoms with E-state index in [4.69, 9.17) is 4.43 Å². The van der Waals surface area contributed by atoms with Crippen molar-refractivity contribution in [1.82, 2.24) is 0 Å². The third-order valence-corrected chi connectivity index (χ3v) is 9.16. The molecule has 1 aliphatic heterocycles. The lowest BCUT2D eigenvalue weighted by Crippen LogP contribution is -2.43. The van der Waals surface area contributed by atoms with Crippen molar-refractivity contribution in [2.45, 2.75) is 37.6 Å². The van der Waals surface area contributed by atoms with E-state index in [0.717, 1.165) is 12.1 Å². The van der Waals surface area contributed by atoms with Crippen LogP contribution in [0.4, 0.5) is 0 Å². The van der Waals surface area contributed by atoms with Crippen LogP contribution in [0.1, 0.15) is 6.42 Å². The molecule has 0 spiro atoms. The molecule has 2 atom stereocenters. The average Bonchev–Trinajstić information content (AvgIpc) is 2.29. The lowest BCUT2D eigenvalue weighted by Gasteiger charge is -2.35. The third kappa shape index (κ3) is 2.84. The van der Waals surface area contributed by atoms with Crippen molar-refractivity contribution >= 4 is 22.3 Å². The molecule has 0 N–H and O–H groups in total. The van der Waals surface area contributed by atoms with Gasteiger partial charge in [0.25, 0.3) is 0 Å². The summed E-state index contributed by atoms with van der Waals surface area (Å²) in [6.45, 7) is 8.42. The smallest absolute Gasteiger partial charge is 0.208 e. The largest absolute Gasteiger partial charge is 0.415 e. The first-order chi connectivity index (χ1) is 7.57. The van der Waals surface area contributed by atoms with Gasteiger partial charge in [0.1, 0.15) is 0 Å². The second-order valence-corrected chi connectivity index (χ2v) is 14.0. The molecule has 0 amide bonds. The first-order valence-electron chi connectivity index (χ1n) is 6.24. The van der Waals surface area contributed by atoms with Crippen LogP contribution in [0.3, 0.4) is 0 Å². The van der Waals surface area contributed by atoms with Crippen LogP contribution in [-0.4, -0.2) is 23.7 Å². The highest BCUT2D eigenvalue weighted by Crippen LogP contribution is 2.31. The Hall–Kier alpha value is -0.386. The van der Waals surface area contributed by atoms with Crippen molar-refractivity contribution < 1.29 is 4.43 Å². The summed E-state index contributed by atoms with van der Waals surface area (Å²) in [5.41, 5.74) is 0.875. The summed E-state index contributed by atoms with van der Waals surface area (Å²) in [5, 5.41) is 1.48. The molecule has 16 heavy (non-hydrogen) atoms. The zero-order chi connectivity index (χ0) is 11.6. The predicted molar refractivity (Wildman–Crippen MR) is 75.7 cm³/mol. The van der Waals surface area contributed by atoms with E-state index >= 15 is 0 Å². The Labute approximate surface area is 102 Å². The van der Waals surface area contributed by atoms with E-state index in [1.165, 1.54) is 17.7 Å². The van der Waals surface area contributed by atoms with Gasteiger partial charge in [0, 0.05) is 14.7 Å². The van der Waals surface area contributed by atoms with E-state index in [1.807, 2.05) is 0 Å². The summed E-state index contributed by atoms with van der Waals surface area (Å²) in [7, 11) is -2.06. The monoisotopic (exact) mass is 250 g/mol. The Kier molecular flexibility index (Phi) is 3.67. The van der Waals surface area contributed by atoms with Crippen LogP contribution in [0.25, 0.3) is 0 Å². The van der Waals surface area contributed by atoms with Crippen LogP contribution in [-0.2, 0) is 4.43 Å². The minimum atomic E-state index is -1.07. The summed E-state index contributed by atoms with van der Waals surface area (Å²) in [6, 6.07) is 12.2. The molecule has 1 aliphatic rings. The molecule has 2 rings (SSSR count). The molecule has 0 bridgehead atoms. The van der Waals surface area contributed by atoms with Gasteiger partial charge in [0.05, 0.1) is 0 Å². The maximum Gasteiger partial charge on any atom is 0.208 e. The maximum atomic E-state index is 6.18. The van der Waals surface area contributed by atoms with Gasteiger partial charge in [-0.15, -0.1) is 0 Å². The van der Waals surface area contributed by atoms with Crippen LogP contribution in [0.15, 0.2) is 30.3 Å². The van der Waals surface area contributed by atoms with Gasteiger partial charge in [-0.1, -0.05) is 56.4 Å². The number of benzene rings is 1. The fourth-order valence-electron chi connectivity index (χ4n) is 2.37. The molecular formula is C13H22OSi2. The van der Waals surface area contributed by atoms with Gasteiger partial charge in [-0.3, -0.25) is 0 Å². The van der Waals surface area contributed by atoms with E-state index in [-0.39, 0.29) is 0 Å². The SMILES string of the molecule is C[Si](C)(C)C1CC[SiH](c2ccccc2)OC1. The Morgan fingerprint density at radius 1 is 1.19 bits per heavy atom. The molecule has 3 heteroatoms. The number of rotatable bonds is 2. The van der Waals surface area contributed by atoms with Gasteiger partial charge >= 0.3 is 0 Å². The fourth-order valence-corrected chi connectivity index (χ4v) is 7.03. The van der Waals surface area contributed by atoms with Crippen LogP contribution >= 0.6 is 0 Å². The zero-order valence-electron chi connectivity index (χ0n) is 10.6. The average molecular weight is 250 g/mol. The summed E-state index contributed by atoms with van der Waals surface area (Å²) in [4.78, 5) is 0. The van der Waals surface area contributed by atoms with Crippen molar-refractivity contribution in [3.8, 4) is 0 Å². The molecular weight excluding hydrogens is 228 g/mol. The molecule has 0 aliphatic carbocycles.